The molecular weight excluding hydrogens is 302 g/mol. The van der Waals surface area contributed by atoms with E-state index in [1.807, 2.05) is 0 Å². The summed E-state index contributed by atoms with van der Waals surface area (Å²) >= 11 is 5.54. The lowest BCUT2D eigenvalue weighted by Crippen LogP contribution is -3.17. The van der Waals surface area contributed by atoms with Gasteiger partial charge in [0.25, 0.3) is 0 Å². The van der Waals surface area contributed by atoms with Crippen LogP contribution in [0.15, 0.2) is 48.5 Å². The molecule has 1 saturated heterocycles. The van der Waals surface area contributed by atoms with E-state index in [1.165, 1.54) is 27.3 Å². The molecular formula is C19H24N3S+. The monoisotopic (exact) mass is 326 g/mol. The first-order chi connectivity index (χ1) is 11.1. The van der Waals surface area contributed by atoms with Crippen molar-refractivity contribution in [1.29, 1.82) is 0 Å². The summed E-state index contributed by atoms with van der Waals surface area (Å²) in [6.45, 7) is 7.19. The topological polar surface area (TPSA) is 19.7 Å². The third-order valence-electron chi connectivity index (χ3n) is 4.38. The molecule has 0 amide bonds. The third kappa shape index (κ3) is 3.89. The molecule has 3 nitrogen and oxygen atoms in total. The number of nitrogens with zero attached hydrogens (tertiary/aromatic N) is 1. The Kier molecular flexibility index (Phi) is 4.94. The average molecular weight is 326 g/mol. The molecule has 1 fully saturated rings. The Balaban J connectivity index is 1.69. The lowest BCUT2D eigenvalue weighted by Gasteiger charge is -2.36. The van der Waals surface area contributed by atoms with Gasteiger partial charge in [0.2, 0.25) is 0 Å². The zero-order valence-corrected chi connectivity index (χ0v) is 14.6. The van der Waals surface area contributed by atoms with Gasteiger partial charge in [0, 0.05) is 6.42 Å². The van der Waals surface area contributed by atoms with Crippen LogP contribution in [-0.4, -0.2) is 25.0 Å². The molecule has 1 unspecified atom stereocenters. The summed E-state index contributed by atoms with van der Waals surface area (Å²) in [5.74, 6) is 0. The minimum atomic E-state index is 0.835. The number of benzene rings is 2. The number of aryl methyl sites for hydroxylation is 2. The molecule has 0 bridgehead atoms. The van der Waals surface area contributed by atoms with Gasteiger partial charge < -0.3 is 10.2 Å². The van der Waals surface area contributed by atoms with E-state index in [-0.39, 0.29) is 0 Å². The fourth-order valence-electron chi connectivity index (χ4n) is 2.99. The first kappa shape index (κ1) is 16.0. The van der Waals surface area contributed by atoms with Crippen molar-refractivity contribution in [2.24, 2.45) is 0 Å². The highest BCUT2D eigenvalue weighted by atomic mass is 32.1. The molecule has 0 radical (unpaired) electrons. The van der Waals surface area contributed by atoms with E-state index in [4.69, 9.17) is 12.2 Å². The molecule has 1 atom stereocenters. The lowest BCUT2D eigenvalue weighted by atomic mass is 10.1. The van der Waals surface area contributed by atoms with E-state index >= 15 is 0 Å². The van der Waals surface area contributed by atoms with E-state index in [0.717, 1.165) is 31.4 Å². The summed E-state index contributed by atoms with van der Waals surface area (Å²) in [6.07, 6.45) is 1.09. The summed E-state index contributed by atoms with van der Waals surface area (Å²) in [6, 6.07) is 17.2. The minimum Gasteiger partial charge on any atom is -0.315 e. The van der Waals surface area contributed by atoms with Crippen molar-refractivity contribution in [2.75, 3.05) is 24.8 Å². The van der Waals surface area contributed by atoms with Gasteiger partial charge in [0.1, 0.15) is 0 Å². The molecule has 2 N–H and O–H groups in total. The van der Waals surface area contributed by atoms with E-state index in [9.17, 15) is 0 Å². The second-order valence-electron chi connectivity index (χ2n) is 6.27. The quantitative estimate of drug-likeness (QED) is 0.839. The van der Waals surface area contributed by atoms with Crippen molar-refractivity contribution in [1.82, 2.24) is 5.32 Å². The first-order valence-electron chi connectivity index (χ1n) is 8.13. The van der Waals surface area contributed by atoms with E-state index < -0.39 is 0 Å². The van der Waals surface area contributed by atoms with Crippen LogP contribution in [0.25, 0.3) is 0 Å². The van der Waals surface area contributed by atoms with Gasteiger partial charge >= 0.3 is 0 Å². The summed E-state index contributed by atoms with van der Waals surface area (Å²) < 4.78 is 0. The highest BCUT2D eigenvalue weighted by Gasteiger charge is 2.25. The maximum atomic E-state index is 5.54. The zero-order chi connectivity index (χ0) is 16.2. The molecule has 0 spiro atoms. The summed E-state index contributed by atoms with van der Waals surface area (Å²) in [5.41, 5.74) is 5.15. The third-order valence-corrected chi connectivity index (χ3v) is 4.75. The van der Waals surface area contributed by atoms with Gasteiger partial charge in [-0.05, 0) is 48.8 Å². The molecule has 2 aromatic carbocycles. The van der Waals surface area contributed by atoms with Crippen molar-refractivity contribution in [3.8, 4) is 0 Å². The van der Waals surface area contributed by atoms with Gasteiger partial charge in [-0.1, -0.05) is 42.5 Å². The van der Waals surface area contributed by atoms with Crippen LogP contribution in [0.4, 0.5) is 5.69 Å². The predicted molar refractivity (Wildman–Crippen MR) is 99.8 cm³/mol. The minimum absolute atomic E-state index is 0.835. The summed E-state index contributed by atoms with van der Waals surface area (Å²) in [5, 5.41) is 4.22. The molecule has 4 heteroatoms. The number of quaternary nitrogens is 1. The fourth-order valence-corrected chi connectivity index (χ4v) is 3.22. The molecule has 0 aromatic heterocycles. The second-order valence-corrected chi connectivity index (χ2v) is 6.66. The van der Waals surface area contributed by atoms with Gasteiger partial charge in [-0.25, -0.2) is 0 Å². The van der Waals surface area contributed by atoms with Crippen LogP contribution in [-0.2, 0) is 6.42 Å². The highest BCUT2D eigenvalue weighted by Crippen LogP contribution is 2.21. The van der Waals surface area contributed by atoms with Crippen LogP contribution in [0.2, 0.25) is 0 Å². The number of hydrogen-bond acceptors (Lipinski definition) is 1. The van der Waals surface area contributed by atoms with E-state index in [1.54, 1.807) is 0 Å². The van der Waals surface area contributed by atoms with Crippen molar-refractivity contribution >= 4 is 23.0 Å². The predicted octanol–water partition coefficient (Wildman–Crippen LogP) is 2.04. The Bertz CT molecular complexity index is 684. The Morgan fingerprint density at radius 2 is 1.91 bits per heavy atom. The Morgan fingerprint density at radius 3 is 2.70 bits per heavy atom. The first-order valence-corrected chi connectivity index (χ1v) is 8.54. The number of anilines is 1. The molecule has 0 aliphatic carbocycles. The molecule has 3 rings (SSSR count). The Morgan fingerprint density at radius 1 is 1.13 bits per heavy atom. The maximum Gasteiger partial charge on any atom is 0.182 e. The van der Waals surface area contributed by atoms with Gasteiger partial charge in [-0.15, -0.1) is 0 Å². The number of thiocarbonyl (C=S) groups is 1. The van der Waals surface area contributed by atoms with Crippen LogP contribution >= 0.6 is 12.2 Å². The van der Waals surface area contributed by atoms with E-state index in [2.05, 4.69) is 72.6 Å². The standard InChI is InChI=1S/C19H23N3S/c1-15-8-9-16(2)18(12-15)22-14-21(13-20-19(22)23)11-10-17-6-4-3-5-7-17/h3-9,12H,10-11,13-14H2,1-2H3,(H,20,23)/p+1. The molecule has 1 heterocycles. The van der Waals surface area contributed by atoms with Crippen molar-refractivity contribution in [3.05, 3.63) is 65.2 Å². The Labute approximate surface area is 143 Å². The van der Waals surface area contributed by atoms with Gasteiger partial charge in [0.15, 0.2) is 18.4 Å². The normalized spacial score (nSPS) is 17.9. The SMILES string of the molecule is Cc1ccc(C)c(N2C[NH+](CCc3ccccc3)CNC2=S)c1. The van der Waals surface area contributed by atoms with Crippen LogP contribution < -0.4 is 15.1 Å². The van der Waals surface area contributed by atoms with Crippen LogP contribution in [0.3, 0.4) is 0 Å². The average Bonchev–Trinajstić information content (AvgIpc) is 2.57. The largest absolute Gasteiger partial charge is 0.315 e. The molecule has 120 valence electrons. The Hall–Kier alpha value is -1.91. The molecule has 0 saturated carbocycles. The van der Waals surface area contributed by atoms with Gasteiger partial charge in [-0.3, -0.25) is 4.90 Å². The number of hydrogen-bond donors (Lipinski definition) is 2. The van der Waals surface area contributed by atoms with Crippen molar-refractivity contribution < 1.29 is 4.90 Å². The second kappa shape index (κ2) is 7.11. The molecule has 23 heavy (non-hydrogen) atoms. The number of nitrogens with one attached hydrogen (secondary N) is 2. The maximum absolute atomic E-state index is 5.54. The van der Waals surface area contributed by atoms with E-state index in [0.29, 0.717) is 0 Å². The van der Waals surface area contributed by atoms with Crippen molar-refractivity contribution in [3.63, 3.8) is 0 Å². The van der Waals surface area contributed by atoms with Crippen LogP contribution in [0.5, 0.6) is 0 Å². The zero-order valence-electron chi connectivity index (χ0n) is 13.8. The van der Waals surface area contributed by atoms with Gasteiger partial charge in [-0.2, -0.15) is 0 Å². The molecule has 1 aliphatic rings. The van der Waals surface area contributed by atoms with Crippen molar-refractivity contribution in [2.45, 2.75) is 20.3 Å². The smallest absolute Gasteiger partial charge is 0.182 e. The fraction of sp³-hybridized carbons (Fsp3) is 0.316. The summed E-state index contributed by atoms with van der Waals surface area (Å²) in [7, 11) is 0. The van der Waals surface area contributed by atoms with Crippen LogP contribution in [0, 0.1) is 13.8 Å². The molecule has 1 aliphatic heterocycles. The lowest BCUT2D eigenvalue weighted by molar-refractivity contribution is -0.902. The molecule has 2 aromatic rings. The summed E-state index contributed by atoms with van der Waals surface area (Å²) in [4.78, 5) is 3.74. The number of rotatable bonds is 4. The highest BCUT2D eigenvalue weighted by molar-refractivity contribution is 7.80. The van der Waals surface area contributed by atoms with Crippen LogP contribution in [0.1, 0.15) is 16.7 Å². The van der Waals surface area contributed by atoms with Gasteiger partial charge in [0.05, 0.1) is 12.2 Å².